The Morgan fingerprint density at radius 3 is 2.33 bits per heavy atom. The van der Waals surface area contributed by atoms with E-state index < -0.39 is 0 Å². The zero-order chi connectivity index (χ0) is 17.1. The number of nitrogens with one attached hydrogen (secondary N) is 2. The molecule has 3 aromatic carbocycles. The highest BCUT2D eigenvalue weighted by molar-refractivity contribution is 5.87. The maximum Gasteiger partial charge on any atom is 0.126 e. The molecule has 0 bridgehead atoms. The van der Waals surface area contributed by atoms with E-state index in [0.717, 1.165) is 23.0 Å². The lowest BCUT2D eigenvalue weighted by Gasteiger charge is -2.12. The van der Waals surface area contributed by atoms with Gasteiger partial charge in [0.15, 0.2) is 0 Å². The Bertz CT molecular complexity index is 887. The van der Waals surface area contributed by atoms with Gasteiger partial charge in [-0.3, -0.25) is 0 Å². The fourth-order valence-corrected chi connectivity index (χ4v) is 2.49. The Morgan fingerprint density at radius 2 is 1.67 bits per heavy atom. The highest BCUT2D eigenvalue weighted by Crippen LogP contribution is 2.26. The van der Waals surface area contributed by atoms with E-state index in [0.29, 0.717) is 16.8 Å². The van der Waals surface area contributed by atoms with E-state index in [1.807, 2.05) is 30.3 Å². The second-order valence-electron chi connectivity index (χ2n) is 5.55. The quantitative estimate of drug-likeness (QED) is 0.595. The van der Waals surface area contributed by atoms with Crippen LogP contribution in [0.5, 0.6) is 0 Å². The van der Waals surface area contributed by atoms with Gasteiger partial charge in [-0.25, -0.2) is 8.78 Å². The van der Waals surface area contributed by atoms with Crippen molar-refractivity contribution in [2.24, 2.45) is 0 Å². The molecule has 3 rings (SSSR count). The van der Waals surface area contributed by atoms with Gasteiger partial charge < -0.3 is 10.7 Å². The van der Waals surface area contributed by atoms with Crippen molar-refractivity contribution in [2.45, 2.75) is 6.92 Å². The molecule has 24 heavy (non-hydrogen) atoms. The minimum Gasteiger partial charge on any atom is -0.355 e. The van der Waals surface area contributed by atoms with Gasteiger partial charge in [0.1, 0.15) is 11.6 Å². The second-order valence-corrected chi connectivity index (χ2v) is 5.55. The Labute approximate surface area is 139 Å². The van der Waals surface area contributed by atoms with Crippen molar-refractivity contribution in [2.75, 3.05) is 5.32 Å². The molecule has 0 heterocycles. The Kier molecular flexibility index (Phi) is 4.38. The van der Waals surface area contributed by atoms with Gasteiger partial charge in [-0.1, -0.05) is 24.3 Å². The number of anilines is 2. The average Bonchev–Trinajstić information content (AvgIpc) is 2.58. The maximum atomic E-state index is 13.6. The van der Waals surface area contributed by atoms with E-state index in [9.17, 15) is 8.78 Å². The molecule has 4 heteroatoms. The molecular formula is C20H16F2N2. The van der Waals surface area contributed by atoms with Crippen molar-refractivity contribution in [3.8, 4) is 11.1 Å². The third-order valence-electron chi connectivity index (χ3n) is 3.81. The summed E-state index contributed by atoms with van der Waals surface area (Å²) < 4.78 is 26.9. The molecule has 3 aromatic rings. The molecule has 0 aliphatic carbocycles. The topological polar surface area (TPSA) is 35.9 Å². The van der Waals surface area contributed by atoms with Crippen molar-refractivity contribution in [3.05, 3.63) is 83.4 Å². The summed E-state index contributed by atoms with van der Waals surface area (Å²) in [5.74, 6) is -0.604. The minimum atomic E-state index is -0.333. The van der Waals surface area contributed by atoms with Crippen LogP contribution >= 0.6 is 0 Å². The Morgan fingerprint density at radius 1 is 0.917 bits per heavy atom. The van der Waals surface area contributed by atoms with E-state index in [-0.39, 0.29) is 11.6 Å². The minimum absolute atomic E-state index is 0.271. The molecule has 0 spiro atoms. The number of hydrogen-bond donors (Lipinski definition) is 2. The molecule has 0 aliphatic heterocycles. The van der Waals surface area contributed by atoms with Crippen molar-refractivity contribution in [1.29, 1.82) is 5.41 Å². The molecule has 0 aromatic heterocycles. The highest BCUT2D eigenvalue weighted by atomic mass is 19.1. The number of aryl methyl sites for hydroxylation is 1. The molecule has 0 saturated heterocycles. The summed E-state index contributed by atoms with van der Waals surface area (Å²) in [5, 5.41) is 10.6. The zero-order valence-corrected chi connectivity index (χ0v) is 13.1. The lowest BCUT2D eigenvalue weighted by atomic mass is 10.0. The standard InChI is InChI=1S/C20H16F2N2/c1-13-9-20(16(12-23)11-19(13)22)24-18-7-5-14(6-8-18)15-3-2-4-17(21)10-15/h2-12,23-24H,1H3. The molecule has 0 amide bonds. The first-order valence-corrected chi connectivity index (χ1v) is 7.50. The average molecular weight is 322 g/mol. The van der Waals surface area contributed by atoms with Crippen LogP contribution in [0.15, 0.2) is 60.7 Å². The van der Waals surface area contributed by atoms with Crippen LogP contribution in [0.4, 0.5) is 20.2 Å². The molecule has 2 nitrogen and oxygen atoms in total. The largest absolute Gasteiger partial charge is 0.355 e. The predicted molar refractivity (Wildman–Crippen MR) is 94.1 cm³/mol. The van der Waals surface area contributed by atoms with Gasteiger partial charge in [0.05, 0.1) is 0 Å². The van der Waals surface area contributed by atoms with Crippen LogP contribution in [-0.4, -0.2) is 6.21 Å². The molecular weight excluding hydrogens is 306 g/mol. The molecule has 0 radical (unpaired) electrons. The van der Waals surface area contributed by atoms with Gasteiger partial charge in [-0.05, 0) is 60.0 Å². The number of rotatable bonds is 4. The van der Waals surface area contributed by atoms with Crippen LogP contribution in [0.3, 0.4) is 0 Å². The van der Waals surface area contributed by atoms with E-state index in [4.69, 9.17) is 5.41 Å². The number of halogens is 2. The first-order chi connectivity index (χ1) is 11.6. The normalized spacial score (nSPS) is 10.5. The fraction of sp³-hybridized carbons (Fsp3) is 0.0500. The summed E-state index contributed by atoms with van der Waals surface area (Å²) in [4.78, 5) is 0. The number of benzene rings is 3. The van der Waals surface area contributed by atoms with Gasteiger partial charge in [0, 0.05) is 23.2 Å². The summed E-state index contributed by atoms with van der Waals surface area (Å²) in [6, 6.07) is 16.9. The summed E-state index contributed by atoms with van der Waals surface area (Å²) in [7, 11) is 0. The van der Waals surface area contributed by atoms with Crippen molar-refractivity contribution < 1.29 is 8.78 Å². The van der Waals surface area contributed by atoms with E-state index in [1.165, 1.54) is 18.2 Å². The smallest absolute Gasteiger partial charge is 0.126 e. The first kappa shape index (κ1) is 15.9. The van der Waals surface area contributed by atoms with Crippen molar-refractivity contribution in [3.63, 3.8) is 0 Å². The molecule has 2 N–H and O–H groups in total. The van der Waals surface area contributed by atoms with Crippen molar-refractivity contribution in [1.82, 2.24) is 0 Å². The van der Waals surface area contributed by atoms with Gasteiger partial charge in [-0.2, -0.15) is 0 Å². The molecule has 0 fully saturated rings. The summed E-state index contributed by atoms with van der Waals surface area (Å²) in [6.07, 6.45) is 1.12. The van der Waals surface area contributed by atoms with E-state index in [2.05, 4.69) is 5.32 Å². The lowest BCUT2D eigenvalue weighted by Crippen LogP contribution is -1.98. The van der Waals surface area contributed by atoms with Crippen LogP contribution in [0.25, 0.3) is 11.1 Å². The number of hydrogen-bond acceptors (Lipinski definition) is 2. The monoisotopic (exact) mass is 322 g/mol. The first-order valence-electron chi connectivity index (χ1n) is 7.50. The van der Waals surface area contributed by atoms with Crippen molar-refractivity contribution >= 4 is 17.6 Å². The van der Waals surface area contributed by atoms with Gasteiger partial charge >= 0.3 is 0 Å². The Balaban J connectivity index is 1.87. The SMILES string of the molecule is Cc1cc(Nc2ccc(-c3cccc(F)c3)cc2)c(C=N)cc1F. The molecule has 0 saturated carbocycles. The third-order valence-corrected chi connectivity index (χ3v) is 3.81. The predicted octanol–water partition coefficient (Wildman–Crippen LogP) is 5.68. The zero-order valence-electron chi connectivity index (χ0n) is 13.1. The van der Waals surface area contributed by atoms with E-state index >= 15 is 0 Å². The van der Waals surface area contributed by atoms with Crippen LogP contribution in [0.2, 0.25) is 0 Å². The fourth-order valence-electron chi connectivity index (χ4n) is 2.49. The molecule has 120 valence electrons. The van der Waals surface area contributed by atoms with Crippen LogP contribution in [0.1, 0.15) is 11.1 Å². The maximum absolute atomic E-state index is 13.6. The van der Waals surface area contributed by atoms with Crippen LogP contribution < -0.4 is 5.32 Å². The second kappa shape index (κ2) is 6.62. The van der Waals surface area contributed by atoms with Crippen LogP contribution in [0, 0.1) is 24.0 Å². The van der Waals surface area contributed by atoms with Gasteiger partial charge in [0.2, 0.25) is 0 Å². The molecule has 0 atom stereocenters. The van der Waals surface area contributed by atoms with Gasteiger partial charge in [0.25, 0.3) is 0 Å². The molecule has 0 aliphatic rings. The summed E-state index contributed by atoms with van der Waals surface area (Å²) >= 11 is 0. The summed E-state index contributed by atoms with van der Waals surface area (Å²) in [5.41, 5.74) is 4.18. The van der Waals surface area contributed by atoms with E-state index in [1.54, 1.807) is 19.1 Å². The Hall–Kier alpha value is -3.01. The summed E-state index contributed by atoms with van der Waals surface area (Å²) in [6.45, 7) is 1.68. The lowest BCUT2D eigenvalue weighted by molar-refractivity contribution is 0.618. The van der Waals surface area contributed by atoms with Gasteiger partial charge in [-0.15, -0.1) is 0 Å². The highest BCUT2D eigenvalue weighted by Gasteiger charge is 2.07. The molecule has 0 unspecified atom stereocenters. The third kappa shape index (κ3) is 3.33. The van der Waals surface area contributed by atoms with Crippen LogP contribution in [-0.2, 0) is 0 Å².